The lowest BCUT2D eigenvalue weighted by molar-refractivity contribution is 0.111. The summed E-state index contributed by atoms with van der Waals surface area (Å²) in [4.78, 5) is 23.0. The van der Waals surface area contributed by atoms with E-state index in [2.05, 4.69) is 0 Å². The number of rotatable bonds is 4. The molecule has 0 spiro atoms. The number of aromatic nitrogens is 1. The van der Waals surface area contributed by atoms with Gasteiger partial charge in [0.25, 0.3) is 5.56 Å². The Morgan fingerprint density at radius 2 is 1.70 bits per heavy atom. The van der Waals surface area contributed by atoms with Crippen LogP contribution in [-0.2, 0) is 0 Å². The van der Waals surface area contributed by atoms with E-state index in [1.165, 1.54) is 24.9 Å². The second-order valence-corrected chi connectivity index (χ2v) is 4.30. The Balaban J connectivity index is 2.72. The van der Waals surface area contributed by atoms with E-state index in [0.717, 1.165) is 5.56 Å². The van der Waals surface area contributed by atoms with Crippen LogP contribution < -0.4 is 15.0 Å². The zero-order chi connectivity index (χ0) is 14.7. The van der Waals surface area contributed by atoms with Crippen molar-refractivity contribution < 1.29 is 14.3 Å². The van der Waals surface area contributed by atoms with Crippen LogP contribution in [0.1, 0.15) is 15.9 Å². The SMILES string of the molecule is COc1cc(-n2cc(C)ccc2=O)cc(OC)c1C=O. The number of aldehydes is 1. The van der Waals surface area contributed by atoms with Gasteiger partial charge >= 0.3 is 0 Å². The van der Waals surface area contributed by atoms with Gasteiger partial charge in [-0.05, 0) is 12.5 Å². The first-order valence-corrected chi connectivity index (χ1v) is 6.01. The summed E-state index contributed by atoms with van der Waals surface area (Å²) in [7, 11) is 2.93. The van der Waals surface area contributed by atoms with Gasteiger partial charge in [0.2, 0.25) is 0 Å². The van der Waals surface area contributed by atoms with E-state index in [0.29, 0.717) is 29.0 Å². The molecule has 1 heterocycles. The average molecular weight is 273 g/mol. The fourth-order valence-electron chi connectivity index (χ4n) is 1.98. The number of pyridine rings is 1. The normalized spacial score (nSPS) is 10.2. The molecule has 0 aliphatic rings. The summed E-state index contributed by atoms with van der Waals surface area (Å²) in [6, 6.07) is 6.50. The first kappa shape index (κ1) is 13.9. The van der Waals surface area contributed by atoms with Gasteiger partial charge in [0.05, 0.1) is 25.5 Å². The molecule has 2 aromatic rings. The van der Waals surface area contributed by atoms with Gasteiger partial charge in [-0.3, -0.25) is 14.2 Å². The zero-order valence-electron chi connectivity index (χ0n) is 11.5. The van der Waals surface area contributed by atoms with E-state index in [4.69, 9.17) is 9.47 Å². The molecular formula is C15H15NO4. The molecular weight excluding hydrogens is 258 g/mol. The van der Waals surface area contributed by atoms with E-state index in [-0.39, 0.29) is 5.56 Å². The molecule has 0 amide bonds. The number of aryl methyl sites for hydroxylation is 1. The van der Waals surface area contributed by atoms with Gasteiger partial charge in [-0.15, -0.1) is 0 Å². The van der Waals surface area contributed by atoms with Gasteiger partial charge in [0, 0.05) is 24.4 Å². The molecule has 0 atom stereocenters. The first-order valence-electron chi connectivity index (χ1n) is 6.01. The highest BCUT2D eigenvalue weighted by Gasteiger charge is 2.13. The number of hydrogen-bond donors (Lipinski definition) is 0. The molecule has 0 fully saturated rings. The maximum atomic E-state index is 11.9. The molecule has 0 unspecified atom stereocenters. The van der Waals surface area contributed by atoms with Crippen molar-refractivity contribution in [1.82, 2.24) is 4.57 Å². The van der Waals surface area contributed by atoms with Gasteiger partial charge in [-0.1, -0.05) is 6.07 Å². The Morgan fingerprint density at radius 3 is 2.20 bits per heavy atom. The lowest BCUT2D eigenvalue weighted by Gasteiger charge is -2.13. The van der Waals surface area contributed by atoms with Crippen LogP contribution in [0.2, 0.25) is 0 Å². The van der Waals surface area contributed by atoms with Crippen molar-refractivity contribution in [2.45, 2.75) is 6.92 Å². The minimum absolute atomic E-state index is 0.168. The van der Waals surface area contributed by atoms with Crippen molar-refractivity contribution in [3.05, 3.63) is 51.9 Å². The van der Waals surface area contributed by atoms with Gasteiger partial charge in [-0.2, -0.15) is 0 Å². The Labute approximate surface area is 116 Å². The summed E-state index contributed by atoms with van der Waals surface area (Å²) in [5.41, 5.74) is 1.68. The van der Waals surface area contributed by atoms with E-state index in [1.807, 2.05) is 6.92 Å². The van der Waals surface area contributed by atoms with E-state index in [1.54, 1.807) is 24.4 Å². The van der Waals surface area contributed by atoms with Crippen molar-refractivity contribution in [3.8, 4) is 17.2 Å². The molecule has 5 heteroatoms. The minimum Gasteiger partial charge on any atom is -0.496 e. The van der Waals surface area contributed by atoms with Crippen LogP contribution in [0.5, 0.6) is 11.5 Å². The van der Waals surface area contributed by atoms with Crippen molar-refractivity contribution >= 4 is 6.29 Å². The molecule has 104 valence electrons. The molecule has 0 N–H and O–H groups in total. The lowest BCUT2D eigenvalue weighted by Crippen LogP contribution is -2.17. The van der Waals surface area contributed by atoms with Crippen LogP contribution in [0.3, 0.4) is 0 Å². The summed E-state index contributed by atoms with van der Waals surface area (Å²) in [6.45, 7) is 1.89. The third-order valence-corrected chi connectivity index (χ3v) is 2.98. The maximum Gasteiger partial charge on any atom is 0.255 e. The highest BCUT2D eigenvalue weighted by molar-refractivity contribution is 5.84. The predicted octanol–water partition coefficient (Wildman–Crippen LogP) is 1.98. The molecule has 1 aromatic carbocycles. The second-order valence-electron chi connectivity index (χ2n) is 4.30. The van der Waals surface area contributed by atoms with Crippen molar-refractivity contribution in [2.75, 3.05) is 14.2 Å². The summed E-state index contributed by atoms with van der Waals surface area (Å²) < 4.78 is 11.8. The van der Waals surface area contributed by atoms with Crippen LogP contribution in [0, 0.1) is 6.92 Å². The number of methoxy groups -OCH3 is 2. The van der Waals surface area contributed by atoms with Crippen LogP contribution in [0.25, 0.3) is 5.69 Å². The molecule has 1 aromatic heterocycles. The number of nitrogens with zero attached hydrogens (tertiary/aromatic N) is 1. The molecule has 0 aliphatic heterocycles. The number of ether oxygens (including phenoxy) is 2. The summed E-state index contributed by atoms with van der Waals surface area (Å²) in [5, 5.41) is 0. The van der Waals surface area contributed by atoms with Crippen molar-refractivity contribution in [1.29, 1.82) is 0 Å². The smallest absolute Gasteiger partial charge is 0.255 e. The Bertz CT molecular complexity index is 678. The summed E-state index contributed by atoms with van der Waals surface area (Å²) >= 11 is 0. The lowest BCUT2D eigenvalue weighted by atomic mass is 10.1. The van der Waals surface area contributed by atoms with Crippen molar-refractivity contribution in [2.24, 2.45) is 0 Å². The van der Waals surface area contributed by atoms with E-state index >= 15 is 0 Å². The predicted molar refractivity (Wildman–Crippen MR) is 75.3 cm³/mol. The fraction of sp³-hybridized carbons (Fsp3) is 0.200. The molecule has 0 saturated carbocycles. The quantitative estimate of drug-likeness (QED) is 0.799. The van der Waals surface area contributed by atoms with E-state index < -0.39 is 0 Å². The molecule has 0 saturated heterocycles. The number of benzene rings is 1. The van der Waals surface area contributed by atoms with E-state index in [9.17, 15) is 9.59 Å². The molecule has 0 bridgehead atoms. The second kappa shape index (κ2) is 5.61. The minimum atomic E-state index is -0.168. The topological polar surface area (TPSA) is 57.5 Å². The number of carbonyl (C=O) groups excluding carboxylic acids is 1. The maximum absolute atomic E-state index is 11.9. The standard InChI is InChI=1S/C15H15NO4/c1-10-4-5-15(18)16(8-10)11-6-13(19-2)12(9-17)14(7-11)20-3/h4-9H,1-3H3. The molecule has 5 nitrogen and oxygen atoms in total. The number of carbonyl (C=O) groups is 1. The largest absolute Gasteiger partial charge is 0.496 e. The number of hydrogen-bond acceptors (Lipinski definition) is 4. The van der Waals surface area contributed by atoms with Crippen LogP contribution in [0.4, 0.5) is 0 Å². The van der Waals surface area contributed by atoms with Crippen molar-refractivity contribution in [3.63, 3.8) is 0 Å². The fourth-order valence-corrected chi connectivity index (χ4v) is 1.98. The molecule has 2 rings (SSSR count). The average Bonchev–Trinajstić information content (AvgIpc) is 2.48. The zero-order valence-corrected chi connectivity index (χ0v) is 11.5. The van der Waals surface area contributed by atoms with Crippen LogP contribution >= 0.6 is 0 Å². The van der Waals surface area contributed by atoms with Gasteiger partial charge in [0.15, 0.2) is 6.29 Å². The first-order chi connectivity index (χ1) is 9.60. The Hall–Kier alpha value is -2.56. The van der Waals surface area contributed by atoms with Gasteiger partial charge in [0.1, 0.15) is 11.5 Å². The molecule has 20 heavy (non-hydrogen) atoms. The monoisotopic (exact) mass is 273 g/mol. The van der Waals surface area contributed by atoms with Gasteiger partial charge < -0.3 is 9.47 Å². The molecule has 0 radical (unpaired) electrons. The highest BCUT2D eigenvalue weighted by Crippen LogP contribution is 2.30. The third-order valence-electron chi connectivity index (χ3n) is 2.98. The Kier molecular flexibility index (Phi) is 3.89. The van der Waals surface area contributed by atoms with Crippen LogP contribution in [0.15, 0.2) is 35.3 Å². The Morgan fingerprint density at radius 1 is 1.10 bits per heavy atom. The highest BCUT2D eigenvalue weighted by atomic mass is 16.5. The third kappa shape index (κ3) is 2.42. The van der Waals surface area contributed by atoms with Gasteiger partial charge in [-0.25, -0.2) is 0 Å². The van der Waals surface area contributed by atoms with Crippen LogP contribution in [-0.4, -0.2) is 25.1 Å². The molecule has 0 aliphatic carbocycles. The summed E-state index contributed by atoms with van der Waals surface area (Å²) in [5.74, 6) is 0.727. The summed E-state index contributed by atoms with van der Waals surface area (Å²) in [6.07, 6.45) is 2.39.